The fourth-order valence-corrected chi connectivity index (χ4v) is 11.8. The highest BCUT2D eigenvalue weighted by Crippen LogP contribution is 2.53. The number of hydrogen-bond acceptors (Lipinski definition) is 1. The fourth-order valence-electron chi connectivity index (χ4n) is 11.8. The summed E-state index contributed by atoms with van der Waals surface area (Å²) in [6.07, 6.45) is 12.9. The highest BCUT2D eigenvalue weighted by atomic mass is 14.7. The van der Waals surface area contributed by atoms with E-state index in [1.807, 2.05) is 0 Å². The maximum absolute atomic E-state index is 5.27. The second-order valence-electron chi connectivity index (χ2n) is 18.2. The Kier molecular flexibility index (Phi) is 10.8. The van der Waals surface area contributed by atoms with Crippen LogP contribution in [0.25, 0.3) is 66.5 Å². The van der Waals surface area contributed by atoms with Gasteiger partial charge in [-0.3, -0.25) is 4.98 Å². The Morgan fingerprint density at radius 1 is 0.468 bits per heavy atom. The van der Waals surface area contributed by atoms with Gasteiger partial charge in [0.1, 0.15) is 0 Å². The molecule has 0 atom stereocenters. The Balaban J connectivity index is 1.13. The monoisotopic (exact) mass is 805 g/mol. The molecule has 1 heteroatoms. The van der Waals surface area contributed by atoms with Crippen LogP contribution < -0.4 is 0 Å². The molecule has 2 aliphatic rings. The van der Waals surface area contributed by atoms with Crippen molar-refractivity contribution in [3.8, 4) is 55.8 Å². The van der Waals surface area contributed by atoms with Crippen molar-refractivity contribution < 1.29 is 0 Å². The first-order chi connectivity index (χ1) is 30.5. The van der Waals surface area contributed by atoms with Gasteiger partial charge < -0.3 is 0 Å². The maximum Gasteiger partial charge on any atom is 0.0780 e. The standard InChI is InChI=1S/C61H59N/c1-5-60(6-2,50-26-13-10-14-27-50)51-28-20-24-44(39-51)48-36-47(37-49(38-48)45-33-34-54-53-30-17-18-32-57(53)61(7-3,8-4)58(54)40-45)43-23-19-25-46(35-43)59-55-31-16-15-29-52(55)56(41-62-59)42-21-11-9-12-22-42/h10,13-20,23-42H,5-9,11-12,21-22H2,1-4H3. The van der Waals surface area contributed by atoms with Crippen LogP contribution in [0.3, 0.4) is 0 Å². The lowest BCUT2D eigenvalue weighted by Gasteiger charge is -2.33. The third-order valence-electron chi connectivity index (χ3n) is 15.4. The Labute approximate surface area is 370 Å². The first kappa shape index (κ1) is 40.0. The lowest BCUT2D eigenvalue weighted by Crippen LogP contribution is -2.26. The van der Waals surface area contributed by atoms with Crippen LogP contribution in [-0.2, 0) is 10.8 Å². The van der Waals surface area contributed by atoms with Gasteiger partial charge in [-0.1, -0.05) is 180 Å². The molecule has 1 aromatic heterocycles. The molecule has 10 rings (SSSR count). The van der Waals surface area contributed by atoms with Crippen LogP contribution in [0, 0.1) is 0 Å². The number of fused-ring (bicyclic) bond motifs is 4. The van der Waals surface area contributed by atoms with Gasteiger partial charge in [0.05, 0.1) is 5.69 Å². The zero-order valence-corrected chi connectivity index (χ0v) is 37.1. The first-order valence-electron chi connectivity index (χ1n) is 23.5. The Morgan fingerprint density at radius 3 is 1.74 bits per heavy atom. The van der Waals surface area contributed by atoms with Crippen LogP contribution in [0.5, 0.6) is 0 Å². The van der Waals surface area contributed by atoms with Crippen molar-refractivity contribution >= 4 is 10.8 Å². The molecular weight excluding hydrogens is 747 g/mol. The largest absolute Gasteiger partial charge is 0.255 e. The summed E-state index contributed by atoms with van der Waals surface area (Å²) < 4.78 is 0. The Hall–Kier alpha value is -6.05. The number of benzene rings is 7. The third kappa shape index (κ3) is 6.73. The Morgan fingerprint density at radius 2 is 1.03 bits per heavy atom. The molecule has 0 aliphatic heterocycles. The normalized spacial score (nSPS) is 14.8. The summed E-state index contributed by atoms with van der Waals surface area (Å²) in [4.78, 5) is 5.27. The van der Waals surface area contributed by atoms with E-state index >= 15 is 0 Å². The van der Waals surface area contributed by atoms with E-state index in [9.17, 15) is 0 Å². The summed E-state index contributed by atoms with van der Waals surface area (Å²) in [6.45, 7) is 9.42. The number of hydrogen-bond donors (Lipinski definition) is 0. The van der Waals surface area contributed by atoms with E-state index in [1.165, 1.54) is 115 Å². The molecule has 0 unspecified atom stereocenters. The average Bonchev–Trinajstić information content (AvgIpc) is 3.64. The summed E-state index contributed by atoms with van der Waals surface area (Å²) in [5.41, 5.74) is 19.5. The average molecular weight is 806 g/mol. The van der Waals surface area contributed by atoms with Crippen LogP contribution in [0.1, 0.15) is 119 Å². The second kappa shape index (κ2) is 16.7. The van der Waals surface area contributed by atoms with Crippen molar-refractivity contribution in [3.63, 3.8) is 0 Å². The molecule has 0 spiro atoms. The minimum absolute atomic E-state index is 0.00836. The molecule has 1 saturated carbocycles. The lowest BCUT2D eigenvalue weighted by molar-refractivity contribution is 0.445. The first-order valence-corrected chi connectivity index (χ1v) is 23.5. The molecule has 1 fully saturated rings. The molecule has 1 nitrogen and oxygen atoms in total. The van der Waals surface area contributed by atoms with Gasteiger partial charge in [0.2, 0.25) is 0 Å². The molecule has 1 heterocycles. The van der Waals surface area contributed by atoms with Gasteiger partial charge >= 0.3 is 0 Å². The number of rotatable bonds is 11. The molecule has 8 aromatic rings. The summed E-state index contributed by atoms with van der Waals surface area (Å²) in [5.74, 6) is 0.599. The molecule has 308 valence electrons. The van der Waals surface area contributed by atoms with Crippen molar-refractivity contribution in [2.24, 2.45) is 0 Å². The van der Waals surface area contributed by atoms with Crippen molar-refractivity contribution in [2.75, 3.05) is 0 Å². The van der Waals surface area contributed by atoms with Crippen LogP contribution in [0.2, 0.25) is 0 Å². The topological polar surface area (TPSA) is 12.9 Å². The third-order valence-corrected chi connectivity index (χ3v) is 15.4. The predicted molar refractivity (Wildman–Crippen MR) is 264 cm³/mol. The lowest BCUT2D eigenvalue weighted by atomic mass is 9.70. The summed E-state index contributed by atoms with van der Waals surface area (Å²) in [6, 6.07) is 62.3. The van der Waals surface area contributed by atoms with E-state index in [2.05, 4.69) is 198 Å². The highest BCUT2D eigenvalue weighted by molar-refractivity contribution is 5.97. The van der Waals surface area contributed by atoms with E-state index in [0.29, 0.717) is 5.92 Å². The molecule has 62 heavy (non-hydrogen) atoms. The number of pyridine rings is 1. The van der Waals surface area contributed by atoms with Gasteiger partial charge in [-0.05, 0) is 152 Å². The van der Waals surface area contributed by atoms with Crippen molar-refractivity contribution in [2.45, 2.75) is 102 Å². The van der Waals surface area contributed by atoms with Crippen LogP contribution in [-0.4, -0.2) is 4.98 Å². The Bertz CT molecular complexity index is 2880. The molecule has 0 radical (unpaired) electrons. The minimum atomic E-state index is -0.0625. The second-order valence-corrected chi connectivity index (χ2v) is 18.2. The van der Waals surface area contributed by atoms with Crippen LogP contribution in [0.4, 0.5) is 0 Å². The van der Waals surface area contributed by atoms with Crippen molar-refractivity contribution in [1.82, 2.24) is 4.98 Å². The van der Waals surface area contributed by atoms with E-state index in [1.54, 1.807) is 0 Å². The smallest absolute Gasteiger partial charge is 0.0780 e. The molecule has 0 bridgehead atoms. The van der Waals surface area contributed by atoms with Crippen LogP contribution in [0.15, 0.2) is 170 Å². The zero-order valence-electron chi connectivity index (χ0n) is 37.1. The molecule has 0 amide bonds. The van der Waals surface area contributed by atoms with Gasteiger partial charge in [0, 0.05) is 28.0 Å². The van der Waals surface area contributed by atoms with E-state index in [-0.39, 0.29) is 10.8 Å². The summed E-state index contributed by atoms with van der Waals surface area (Å²) in [5, 5.41) is 2.61. The minimum Gasteiger partial charge on any atom is -0.255 e. The molecule has 0 N–H and O–H groups in total. The molecule has 0 saturated heterocycles. The molecule has 2 aliphatic carbocycles. The predicted octanol–water partition coefficient (Wildman–Crippen LogP) is 17.1. The number of aromatic nitrogens is 1. The summed E-state index contributed by atoms with van der Waals surface area (Å²) in [7, 11) is 0. The van der Waals surface area contributed by atoms with Crippen LogP contribution >= 0.6 is 0 Å². The van der Waals surface area contributed by atoms with Gasteiger partial charge in [-0.25, -0.2) is 0 Å². The van der Waals surface area contributed by atoms with E-state index in [0.717, 1.165) is 36.9 Å². The zero-order chi connectivity index (χ0) is 42.3. The van der Waals surface area contributed by atoms with Crippen molar-refractivity contribution in [3.05, 3.63) is 198 Å². The molecule has 7 aromatic carbocycles. The highest BCUT2D eigenvalue weighted by Gasteiger charge is 2.40. The quantitative estimate of drug-likeness (QED) is 0.127. The fraction of sp³-hybridized carbons (Fsp3) is 0.262. The van der Waals surface area contributed by atoms with Gasteiger partial charge in [-0.15, -0.1) is 0 Å². The van der Waals surface area contributed by atoms with Gasteiger partial charge in [-0.2, -0.15) is 0 Å². The molecular formula is C61H59N. The van der Waals surface area contributed by atoms with Gasteiger partial charge in [0.15, 0.2) is 0 Å². The SMILES string of the molecule is CCC(CC)(c1ccccc1)c1cccc(-c2cc(-c3cccc(-c4ncc(C5CCCCC5)c5ccccc45)c3)cc(-c3ccc4c(c3)C(CC)(CC)c3ccccc3-4)c2)c1. The number of nitrogens with zero attached hydrogens (tertiary/aromatic N) is 1. The summed E-state index contributed by atoms with van der Waals surface area (Å²) >= 11 is 0. The maximum atomic E-state index is 5.27. The van der Waals surface area contributed by atoms with Gasteiger partial charge in [0.25, 0.3) is 0 Å². The van der Waals surface area contributed by atoms with E-state index in [4.69, 9.17) is 4.98 Å². The van der Waals surface area contributed by atoms with E-state index < -0.39 is 0 Å². The van der Waals surface area contributed by atoms with Crippen molar-refractivity contribution in [1.29, 1.82) is 0 Å².